The largest absolute Gasteiger partial charge is 0.390 e. The molecule has 0 aromatic rings. The molecule has 2 heterocycles. The second-order valence-corrected chi connectivity index (χ2v) is 8.05. The maximum absolute atomic E-state index is 12.3. The summed E-state index contributed by atoms with van der Waals surface area (Å²) in [5.41, 5.74) is 0. The van der Waals surface area contributed by atoms with Crippen LogP contribution in [0.25, 0.3) is 0 Å². The lowest BCUT2D eigenvalue weighted by atomic mass is 10.2. The zero-order valence-corrected chi connectivity index (χ0v) is 13.5. The molecular formula is C13H23F3N2O3S. The highest BCUT2D eigenvalue weighted by Crippen LogP contribution is 2.28. The summed E-state index contributed by atoms with van der Waals surface area (Å²) in [5.74, 6) is -0.885. The number of methoxy groups -OCH3 is 1. The van der Waals surface area contributed by atoms with Crippen LogP contribution < -0.4 is 0 Å². The second-order valence-electron chi connectivity index (χ2n) is 6.01. The van der Waals surface area contributed by atoms with E-state index < -0.39 is 28.4 Å². The summed E-state index contributed by atoms with van der Waals surface area (Å²) in [6, 6.07) is -0.290. The van der Waals surface area contributed by atoms with Crippen molar-refractivity contribution in [1.82, 2.24) is 9.21 Å². The molecule has 0 aromatic heterocycles. The van der Waals surface area contributed by atoms with Gasteiger partial charge in [0.05, 0.1) is 18.3 Å². The summed E-state index contributed by atoms with van der Waals surface area (Å²) in [4.78, 5) is 2.18. The van der Waals surface area contributed by atoms with E-state index in [9.17, 15) is 21.6 Å². The molecular weight excluding hydrogens is 321 g/mol. The standard InChI is InChI=1S/C13H23F3N2O3S/c1-21-12-8-11(9-17-5-2-3-6-17)18(10-12)22(19,20)7-4-13(14,15)16/h11-12H,2-10H2,1H3/t11-,12-/m0/s1. The van der Waals surface area contributed by atoms with Crippen molar-refractivity contribution in [2.45, 2.75) is 44.0 Å². The Kier molecular flexibility index (Phi) is 5.73. The molecule has 2 aliphatic rings. The highest BCUT2D eigenvalue weighted by Gasteiger charge is 2.42. The van der Waals surface area contributed by atoms with E-state index in [1.54, 1.807) is 0 Å². The molecule has 0 bridgehead atoms. The van der Waals surface area contributed by atoms with E-state index in [1.807, 2.05) is 0 Å². The zero-order chi connectivity index (χ0) is 16.4. The lowest BCUT2D eigenvalue weighted by molar-refractivity contribution is -0.130. The predicted molar refractivity (Wildman–Crippen MR) is 76.0 cm³/mol. The number of halogens is 3. The van der Waals surface area contributed by atoms with Crippen LogP contribution >= 0.6 is 0 Å². The lowest BCUT2D eigenvalue weighted by Crippen LogP contribution is -2.44. The molecule has 2 atom stereocenters. The lowest BCUT2D eigenvalue weighted by Gasteiger charge is -2.27. The van der Waals surface area contributed by atoms with Crippen LogP contribution in [0.3, 0.4) is 0 Å². The molecule has 130 valence electrons. The second kappa shape index (κ2) is 7.02. The van der Waals surface area contributed by atoms with Gasteiger partial charge in [-0.1, -0.05) is 0 Å². The Morgan fingerprint density at radius 1 is 1.23 bits per heavy atom. The van der Waals surface area contributed by atoms with Gasteiger partial charge < -0.3 is 9.64 Å². The van der Waals surface area contributed by atoms with Gasteiger partial charge in [-0.15, -0.1) is 0 Å². The Bertz CT molecular complexity index is 464. The molecule has 9 heteroatoms. The number of likely N-dealkylation sites (tertiary alicyclic amines) is 1. The van der Waals surface area contributed by atoms with Gasteiger partial charge in [0.1, 0.15) is 0 Å². The van der Waals surface area contributed by atoms with Gasteiger partial charge in [0, 0.05) is 26.2 Å². The molecule has 5 nitrogen and oxygen atoms in total. The van der Waals surface area contributed by atoms with Gasteiger partial charge in [-0.25, -0.2) is 8.42 Å². The van der Waals surface area contributed by atoms with Crippen LogP contribution in [0, 0.1) is 0 Å². The van der Waals surface area contributed by atoms with E-state index >= 15 is 0 Å². The van der Waals surface area contributed by atoms with Crippen LogP contribution in [0.1, 0.15) is 25.7 Å². The van der Waals surface area contributed by atoms with E-state index in [0.29, 0.717) is 13.0 Å². The molecule has 22 heavy (non-hydrogen) atoms. The molecule has 0 unspecified atom stereocenters. The fraction of sp³-hybridized carbons (Fsp3) is 1.00. The molecule has 0 spiro atoms. The van der Waals surface area contributed by atoms with Crippen LogP contribution in [0.2, 0.25) is 0 Å². The molecule has 0 aliphatic carbocycles. The first kappa shape index (κ1) is 18.0. The number of alkyl halides is 3. The third-order valence-corrected chi connectivity index (χ3v) is 6.21. The van der Waals surface area contributed by atoms with Gasteiger partial charge in [0.25, 0.3) is 0 Å². The number of nitrogens with zero attached hydrogens (tertiary/aromatic N) is 2. The minimum atomic E-state index is -4.46. The average molecular weight is 344 g/mol. The van der Waals surface area contributed by atoms with Crippen molar-refractivity contribution in [3.63, 3.8) is 0 Å². The Balaban J connectivity index is 2.03. The number of ether oxygens (including phenoxy) is 1. The Morgan fingerprint density at radius 3 is 2.41 bits per heavy atom. The summed E-state index contributed by atoms with van der Waals surface area (Å²) >= 11 is 0. The molecule has 0 amide bonds. The van der Waals surface area contributed by atoms with Gasteiger partial charge >= 0.3 is 6.18 Å². The molecule has 0 radical (unpaired) electrons. The third-order valence-electron chi connectivity index (χ3n) is 4.33. The van der Waals surface area contributed by atoms with E-state index in [1.165, 1.54) is 11.4 Å². The van der Waals surface area contributed by atoms with Crippen molar-refractivity contribution in [3.8, 4) is 0 Å². The monoisotopic (exact) mass is 344 g/mol. The molecule has 2 saturated heterocycles. The van der Waals surface area contributed by atoms with Crippen molar-refractivity contribution in [1.29, 1.82) is 0 Å². The topological polar surface area (TPSA) is 49.9 Å². The van der Waals surface area contributed by atoms with Gasteiger partial charge in [0.15, 0.2) is 0 Å². The van der Waals surface area contributed by atoms with E-state index in [0.717, 1.165) is 25.9 Å². The number of rotatable bonds is 6. The van der Waals surface area contributed by atoms with E-state index in [2.05, 4.69) is 4.90 Å². The minimum Gasteiger partial charge on any atom is -0.380 e. The van der Waals surface area contributed by atoms with Gasteiger partial charge in [0.2, 0.25) is 10.0 Å². The Hall–Kier alpha value is -0.380. The first-order valence-corrected chi connectivity index (χ1v) is 9.13. The van der Waals surface area contributed by atoms with Gasteiger partial charge in [-0.3, -0.25) is 0 Å². The summed E-state index contributed by atoms with van der Waals surface area (Å²) in [5, 5.41) is 0. The summed E-state index contributed by atoms with van der Waals surface area (Å²) in [6.45, 7) is 2.56. The SMILES string of the molecule is CO[C@H]1C[C@@H](CN2CCCC2)N(S(=O)(=O)CCC(F)(F)F)C1. The molecule has 2 aliphatic heterocycles. The van der Waals surface area contributed by atoms with Crippen LogP contribution in [0.5, 0.6) is 0 Å². The van der Waals surface area contributed by atoms with E-state index in [4.69, 9.17) is 4.74 Å². The first-order chi connectivity index (χ1) is 10.2. The normalized spacial score (nSPS) is 28.5. The van der Waals surface area contributed by atoms with Crippen molar-refractivity contribution < 1.29 is 26.3 Å². The van der Waals surface area contributed by atoms with E-state index in [-0.39, 0.29) is 18.7 Å². The molecule has 2 rings (SSSR count). The highest BCUT2D eigenvalue weighted by atomic mass is 32.2. The quantitative estimate of drug-likeness (QED) is 0.732. The van der Waals surface area contributed by atoms with Crippen molar-refractivity contribution in [3.05, 3.63) is 0 Å². The summed E-state index contributed by atoms with van der Waals surface area (Å²) in [7, 11) is -2.42. The smallest absolute Gasteiger partial charge is 0.380 e. The highest BCUT2D eigenvalue weighted by molar-refractivity contribution is 7.89. The molecule has 0 N–H and O–H groups in total. The predicted octanol–water partition coefficient (Wildman–Crippen LogP) is 1.45. The maximum atomic E-state index is 12.3. The van der Waals surface area contributed by atoms with Crippen LogP contribution in [0.4, 0.5) is 13.2 Å². The summed E-state index contributed by atoms with van der Waals surface area (Å²) < 4.78 is 68.0. The van der Waals surface area contributed by atoms with Crippen molar-refractivity contribution in [2.24, 2.45) is 0 Å². The fourth-order valence-electron chi connectivity index (χ4n) is 3.15. The number of hydrogen-bond acceptors (Lipinski definition) is 4. The summed E-state index contributed by atoms with van der Waals surface area (Å²) in [6.07, 6.45) is -3.30. The van der Waals surface area contributed by atoms with Crippen LogP contribution in [-0.4, -0.2) is 75.0 Å². The van der Waals surface area contributed by atoms with Crippen molar-refractivity contribution in [2.75, 3.05) is 39.0 Å². The number of hydrogen-bond donors (Lipinski definition) is 0. The molecule has 2 fully saturated rings. The third kappa shape index (κ3) is 4.81. The van der Waals surface area contributed by atoms with Crippen LogP contribution in [0.15, 0.2) is 0 Å². The maximum Gasteiger partial charge on any atom is 0.390 e. The van der Waals surface area contributed by atoms with Crippen molar-refractivity contribution >= 4 is 10.0 Å². The molecule has 0 saturated carbocycles. The van der Waals surface area contributed by atoms with Gasteiger partial charge in [-0.2, -0.15) is 17.5 Å². The number of sulfonamides is 1. The average Bonchev–Trinajstić information content (AvgIpc) is 3.06. The van der Waals surface area contributed by atoms with Gasteiger partial charge in [-0.05, 0) is 32.4 Å². The Morgan fingerprint density at radius 2 is 1.86 bits per heavy atom. The van der Waals surface area contributed by atoms with Crippen LogP contribution in [-0.2, 0) is 14.8 Å². The fourth-order valence-corrected chi connectivity index (χ4v) is 4.87. The Labute approximate surface area is 129 Å². The first-order valence-electron chi connectivity index (χ1n) is 7.53. The zero-order valence-electron chi connectivity index (χ0n) is 12.7. The minimum absolute atomic E-state index is 0.148. The molecule has 0 aromatic carbocycles.